The maximum atomic E-state index is 11.6. The van der Waals surface area contributed by atoms with E-state index in [0.717, 1.165) is 6.54 Å². The van der Waals surface area contributed by atoms with Crippen LogP contribution in [0.15, 0.2) is 0 Å². The summed E-state index contributed by atoms with van der Waals surface area (Å²) in [6.07, 6.45) is 0. The molecule has 1 amide bonds. The zero-order valence-corrected chi connectivity index (χ0v) is 8.85. The second kappa shape index (κ2) is 2.91. The van der Waals surface area contributed by atoms with Crippen molar-refractivity contribution < 1.29 is 4.79 Å². The van der Waals surface area contributed by atoms with E-state index < -0.39 is 0 Å². The molecule has 1 fully saturated rings. The van der Waals surface area contributed by atoms with Gasteiger partial charge in [-0.1, -0.05) is 13.8 Å². The van der Waals surface area contributed by atoms with Crippen molar-refractivity contribution in [2.75, 3.05) is 6.54 Å². The van der Waals surface area contributed by atoms with Crippen LogP contribution in [-0.2, 0) is 4.79 Å². The van der Waals surface area contributed by atoms with Gasteiger partial charge in [-0.15, -0.1) is 11.6 Å². The Balaban J connectivity index is 2.81. The summed E-state index contributed by atoms with van der Waals surface area (Å²) in [5, 5.41) is -0.347. The Morgan fingerprint density at radius 2 is 2.08 bits per heavy atom. The third kappa shape index (κ3) is 1.45. The highest BCUT2D eigenvalue weighted by Crippen LogP contribution is 2.35. The molecule has 0 aromatic rings. The number of hydrogen-bond donors (Lipinski definition) is 0. The Morgan fingerprint density at radius 1 is 1.58 bits per heavy atom. The Bertz CT molecular complexity index is 201. The topological polar surface area (TPSA) is 20.3 Å². The van der Waals surface area contributed by atoms with Crippen molar-refractivity contribution >= 4 is 17.5 Å². The molecule has 0 N–H and O–H groups in total. The summed E-state index contributed by atoms with van der Waals surface area (Å²) in [6.45, 7) is 8.87. The molecule has 1 aliphatic heterocycles. The van der Waals surface area contributed by atoms with E-state index >= 15 is 0 Å². The normalized spacial score (nSPS) is 28.7. The van der Waals surface area contributed by atoms with Crippen LogP contribution in [0.3, 0.4) is 0 Å². The minimum atomic E-state index is -0.347. The first kappa shape index (κ1) is 9.85. The second-order valence-electron chi connectivity index (χ2n) is 4.41. The number of rotatable bonds is 1. The zero-order valence-electron chi connectivity index (χ0n) is 8.10. The number of alkyl halides is 1. The quantitative estimate of drug-likeness (QED) is 0.577. The van der Waals surface area contributed by atoms with Gasteiger partial charge < -0.3 is 4.90 Å². The molecule has 1 unspecified atom stereocenters. The van der Waals surface area contributed by atoms with Crippen molar-refractivity contribution in [1.82, 2.24) is 4.90 Å². The lowest BCUT2D eigenvalue weighted by Gasteiger charge is -2.22. The average molecular weight is 190 g/mol. The minimum absolute atomic E-state index is 0.0802. The van der Waals surface area contributed by atoms with E-state index in [0.29, 0.717) is 0 Å². The van der Waals surface area contributed by atoms with Gasteiger partial charge in [0.2, 0.25) is 5.91 Å². The third-order valence-electron chi connectivity index (χ3n) is 2.39. The van der Waals surface area contributed by atoms with Crippen molar-refractivity contribution in [3.63, 3.8) is 0 Å². The fraction of sp³-hybridized carbons (Fsp3) is 0.889. The number of halogens is 1. The van der Waals surface area contributed by atoms with E-state index in [-0.39, 0.29) is 22.7 Å². The number of carbonyl (C=O) groups is 1. The highest BCUT2D eigenvalue weighted by Gasteiger charge is 2.45. The number of hydrogen-bond acceptors (Lipinski definition) is 1. The molecule has 3 heteroatoms. The SMILES string of the molecule is CC(C)N1CC(C)(C)C(Cl)C1=O. The molecule has 0 bridgehead atoms. The Kier molecular flexibility index (Phi) is 2.39. The lowest BCUT2D eigenvalue weighted by molar-refractivity contribution is -0.128. The summed E-state index contributed by atoms with van der Waals surface area (Å²) in [4.78, 5) is 13.4. The molecule has 2 nitrogen and oxygen atoms in total. The highest BCUT2D eigenvalue weighted by atomic mass is 35.5. The second-order valence-corrected chi connectivity index (χ2v) is 4.85. The molecule has 70 valence electrons. The summed E-state index contributed by atoms with van der Waals surface area (Å²) >= 11 is 6.00. The molecular weight excluding hydrogens is 174 g/mol. The molecule has 12 heavy (non-hydrogen) atoms. The molecule has 0 aromatic heterocycles. The lowest BCUT2D eigenvalue weighted by atomic mass is 9.92. The zero-order chi connectivity index (χ0) is 9.52. The van der Waals surface area contributed by atoms with Crippen LogP contribution in [0, 0.1) is 5.41 Å². The number of carbonyl (C=O) groups excluding carboxylic acids is 1. The van der Waals surface area contributed by atoms with Crippen LogP contribution in [0.25, 0.3) is 0 Å². The van der Waals surface area contributed by atoms with Gasteiger partial charge >= 0.3 is 0 Å². The Hall–Kier alpha value is -0.240. The molecule has 0 aliphatic carbocycles. The average Bonchev–Trinajstić information content (AvgIpc) is 2.14. The first-order valence-electron chi connectivity index (χ1n) is 4.31. The van der Waals surface area contributed by atoms with E-state index in [9.17, 15) is 4.79 Å². The van der Waals surface area contributed by atoms with Crippen LogP contribution in [0.2, 0.25) is 0 Å². The predicted octanol–water partition coefficient (Wildman–Crippen LogP) is 1.87. The number of likely N-dealkylation sites (tertiary alicyclic amines) is 1. The molecule has 0 aromatic carbocycles. The maximum absolute atomic E-state index is 11.6. The lowest BCUT2D eigenvalue weighted by Crippen LogP contribution is -2.33. The molecule has 1 aliphatic rings. The standard InChI is InChI=1S/C9H16ClNO/c1-6(2)11-5-9(3,4)7(10)8(11)12/h6-7H,5H2,1-4H3. The van der Waals surface area contributed by atoms with Crippen molar-refractivity contribution in [2.24, 2.45) is 5.41 Å². The third-order valence-corrected chi connectivity index (χ3v) is 3.16. The van der Waals surface area contributed by atoms with E-state index in [1.807, 2.05) is 32.6 Å². The summed E-state index contributed by atoms with van der Waals surface area (Å²) in [7, 11) is 0. The summed E-state index contributed by atoms with van der Waals surface area (Å²) in [6, 6.07) is 0.264. The monoisotopic (exact) mass is 189 g/mol. The highest BCUT2D eigenvalue weighted by molar-refractivity contribution is 6.32. The van der Waals surface area contributed by atoms with Gasteiger partial charge in [-0.2, -0.15) is 0 Å². The van der Waals surface area contributed by atoms with Gasteiger partial charge in [0.1, 0.15) is 5.38 Å². The van der Waals surface area contributed by atoms with Gasteiger partial charge in [-0.05, 0) is 13.8 Å². The molecule has 0 saturated carbocycles. The number of amides is 1. The molecule has 1 saturated heterocycles. The fourth-order valence-electron chi connectivity index (χ4n) is 1.51. The van der Waals surface area contributed by atoms with Gasteiger partial charge in [0.15, 0.2) is 0 Å². The van der Waals surface area contributed by atoms with Gasteiger partial charge in [0.05, 0.1) is 0 Å². The maximum Gasteiger partial charge on any atom is 0.241 e. The van der Waals surface area contributed by atoms with Crippen LogP contribution in [0.1, 0.15) is 27.7 Å². The van der Waals surface area contributed by atoms with E-state index in [2.05, 4.69) is 0 Å². The molecule has 0 radical (unpaired) electrons. The summed E-state index contributed by atoms with van der Waals surface area (Å²) in [5.41, 5.74) is -0.0804. The predicted molar refractivity (Wildman–Crippen MR) is 50.3 cm³/mol. The van der Waals surface area contributed by atoms with Crippen molar-refractivity contribution in [1.29, 1.82) is 0 Å². The first-order chi connectivity index (χ1) is 5.36. The summed E-state index contributed by atoms with van der Waals surface area (Å²) < 4.78 is 0. The largest absolute Gasteiger partial charge is 0.338 e. The van der Waals surface area contributed by atoms with Crippen LogP contribution in [-0.4, -0.2) is 28.8 Å². The van der Waals surface area contributed by atoms with Crippen molar-refractivity contribution in [3.05, 3.63) is 0 Å². The van der Waals surface area contributed by atoms with Gasteiger partial charge in [-0.3, -0.25) is 4.79 Å². The molecule has 1 rings (SSSR count). The van der Waals surface area contributed by atoms with Crippen LogP contribution in [0.5, 0.6) is 0 Å². The van der Waals surface area contributed by atoms with Gasteiger partial charge in [-0.25, -0.2) is 0 Å². The first-order valence-corrected chi connectivity index (χ1v) is 4.74. The van der Waals surface area contributed by atoms with Gasteiger partial charge in [0.25, 0.3) is 0 Å². The van der Waals surface area contributed by atoms with Gasteiger partial charge in [0, 0.05) is 18.0 Å². The van der Waals surface area contributed by atoms with Crippen LogP contribution < -0.4 is 0 Å². The summed E-state index contributed by atoms with van der Waals surface area (Å²) in [5.74, 6) is 0.0802. The fourth-order valence-corrected chi connectivity index (χ4v) is 1.71. The molecule has 1 atom stereocenters. The molecule has 1 heterocycles. The van der Waals surface area contributed by atoms with E-state index in [4.69, 9.17) is 11.6 Å². The smallest absolute Gasteiger partial charge is 0.241 e. The molecular formula is C9H16ClNO. The van der Waals surface area contributed by atoms with Crippen LogP contribution in [0.4, 0.5) is 0 Å². The van der Waals surface area contributed by atoms with E-state index in [1.54, 1.807) is 0 Å². The minimum Gasteiger partial charge on any atom is -0.338 e. The van der Waals surface area contributed by atoms with Crippen molar-refractivity contribution in [2.45, 2.75) is 39.1 Å². The Labute approximate surface area is 78.9 Å². The van der Waals surface area contributed by atoms with Crippen molar-refractivity contribution in [3.8, 4) is 0 Å². The molecule has 0 spiro atoms. The number of nitrogens with zero attached hydrogens (tertiary/aromatic N) is 1. The van der Waals surface area contributed by atoms with Crippen LogP contribution >= 0.6 is 11.6 Å². The van der Waals surface area contributed by atoms with E-state index in [1.165, 1.54) is 0 Å². The Morgan fingerprint density at radius 3 is 2.25 bits per heavy atom.